The van der Waals surface area contributed by atoms with Crippen LogP contribution in [0.3, 0.4) is 0 Å². The van der Waals surface area contributed by atoms with Gasteiger partial charge in [-0.25, -0.2) is 4.98 Å². The molecule has 1 aromatic rings. The first-order chi connectivity index (χ1) is 8.41. The van der Waals surface area contributed by atoms with Crippen molar-refractivity contribution in [2.24, 2.45) is 0 Å². The van der Waals surface area contributed by atoms with E-state index in [1.54, 1.807) is 13.8 Å². The molecule has 0 aliphatic carbocycles. The molecule has 1 aromatic heterocycles. The lowest BCUT2D eigenvalue weighted by Crippen LogP contribution is -2.39. The molecular formula is C13H24N4O. The molecule has 0 aliphatic heterocycles. The Kier molecular flexibility index (Phi) is 5.02. The molecule has 0 saturated heterocycles. The van der Waals surface area contributed by atoms with E-state index < -0.39 is 5.60 Å². The fraction of sp³-hybridized carbons (Fsp3) is 0.769. The topological polar surface area (TPSA) is 62.1 Å². The van der Waals surface area contributed by atoms with E-state index in [1.807, 2.05) is 11.8 Å². The van der Waals surface area contributed by atoms with Crippen LogP contribution >= 0.6 is 0 Å². The smallest absolute Gasteiger partial charge is 0.245 e. The van der Waals surface area contributed by atoms with Crippen molar-refractivity contribution in [1.82, 2.24) is 15.2 Å². The number of aryl methyl sites for hydroxylation is 2. The number of hydrogen-bond donors (Lipinski definition) is 1. The van der Waals surface area contributed by atoms with Gasteiger partial charge in [-0.05, 0) is 33.6 Å². The summed E-state index contributed by atoms with van der Waals surface area (Å²) < 4.78 is 0. The van der Waals surface area contributed by atoms with Crippen LogP contribution in [-0.2, 0) is 12.8 Å². The maximum absolute atomic E-state index is 9.89. The molecular weight excluding hydrogens is 228 g/mol. The highest BCUT2D eigenvalue weighted by molar-refractivity contribution is 5.30. The Labute approximate surface area is 109 Å². The highest BCUT2D eigenvalue weighted by atomic mass is 16.3. The molecule has 1 N–H and O–H groups in total. The number of aliphatic hydroxyl groups is 1. The van der Waals surface area contributed by atoms with E-state index in [2.05, 4.69) is 29.0 Å². The van der Waals surface area contributed by atoms with Gasteiger partial charge < -0.3 is 10.0 Å². The van der Waals surface area contributed by atoms with Crippen molar-refractivity contribution in [3.8, 4) is 0 Å². The van der Waals surface area contributed by atoms with Crippen LogP contribution in [0, 0.1) is 0 Å². The second-order valence-electron chi connectivity index (χ2n) is 5.04. The van der Waals surface area contributed by atoms with Crippen molar-refractivity contribution in [2.45, 2.75) is 53.1 Å². The zero-order chi connectivity index (χ0) is 13.8. The van der Waals surface area contributed by atoms with Crippen molar-refractivity contribution in [3.05, 3.63) is 11.4 Å². The van der Waals surface area contributed by atoms with Gasteiger partial charge in [0.15, 0.2) is 0 Å². The normalized spacial score (nSPS) is 11.7. The SMILES string of the molecule is CCc1nnc(N(CC)CC(C)(C)O)nc1CC. The van der Waals surface area contributed by atoms with E-state index >= 15 is 0 Å². The first-order valence-corrected chi connectivity index (χ1v) is 6.61. The Bertz CT molecular complexity index is 387. The van der Waals surface area contributed by atoms with E-state index in [0.29, 0.717) is 12.5 Å². The maximum Gasteiger partial charge on any atom is 0.245 e. The third kappa shape index (κ3) is 3.91. The molecule has 0 fully saturated rings. The molecule has 0 atom stereocenters. The zero-order valence-electron chi connectivity index (χ0n) is 12.1. The minimum atomic E-state index is -0.769. The summed E-state index contributed by atoms with van der Waals surface area (Å²) in [6.45, 7) is 11.0. The third-order valence-electron chi connectivity index (χ3n) is 2.74. The molecule has 1 rings (SSSR count). The molecule has 0 unspecified atom stereocenters. The molecule has 0 radical (unpaired) electrons. The number of likely N-dealkylation sites (N-methyl/N-ethyl adjacent to an activating group) is 1. The van der Waals surface area contributed by atoms with Crippen molar-refractivity contribution < 1.29 is 5.11 Å². The summed E-state index contributed by atoms with van der Waals surface area (Å²) in [4.78, 5) is 6.51. The summed E-state index contributed by atoms with van der Waals surface area (Å²) in [6, 6.07) is 0. The van der Waals surface area contributed by atoms with Gasteiger partial charge in [0.25, 0.3) is 0 Å². The lowest BCUT2D eigenvalue weighted by atomic mass is 10.1. The summed E-state index contributed by atoms with van der Waals surface area (Å²) in [6.07, 6.45) is 1.70. The highest BCUT2D eigenvalue weighted by Crippen LogP contribution is 2.14. The van der Waals surface area contributed by atoms with E-state index in [0.717, 1.165) is 30.8 Å². The Morgan fingerprint density at radius 2 is 1.67 bits per heavy atom. The van der Waals surface area contributed by atoms with Crippen LogP contribution in [-0.4, -0.2) is 39.0 Å². The second kappa shape index (κ2) is 6.09. The summed E-state index contributed by atoms with van der Waals surface area (Å²) in [7, 11) is 0. The third-order valence-corrected chi connectivity index (χ3v) is 2.74. The molecule has 18 heavy (non-hydrogen) atoms. The molecule has 0 aromatic carbocycles. The number of anilines is 1. The fourth-order valence-electron chi connectivity index (χ4n) is 1.85. The Morgan fingerprint density at radius 1 is 1.06 bits per heavy atom. The van der Waals surface area contributed by atoms with E-state index in [4.69, 9.17) is 0 Å². The molecule has 0 amide bonds. The molecule has 0 aliphatic rings. The van der Waals surface area contributed by atoms with Crippen molar-refractivity contribution in [3.63, 3.8) is 0 Å². The van der Waals surface area contributed by atoms with Gasteiger partial charge in [-0.2, -0.15) is 5.10 Å². The average Bonchev–Trinajstić information content (AvgIpc) is 2.34. The van der Waals surface area contributed by atoms with Crippen LogP contribution in [0.4, 0.5) is 5.95 Å². The van der Waals surface area contributed by atoms with Crippen molar-refractivity contribution >= 4 is 5.95 Å². The van der Waals surface area contributed by atoms with Gasteiger partial charge in [-0.3, -0.25) is 0 Å². The van der Waals surface area contributed by atoms with E-state index in [9.17, 15) is 5.11 Å². The molecule has 1 heterocycles. The lowest BCUT2D eigenvalue weighted by molar-refractivity contribution is 0.0871. The van der Waals surface area contributed by atoms with Gasteiger partial charge in [0.05, 0.1) is 17.0 Å². The molecule has 5 heteroatoms. The molecule has 0 saturated carbocycles. The first-order valence-electron chi connectivity index (χ1n) is 6.61. The summed E-state index contributed by atoms with van der Waals surface area (Å²) in [5.41, 5.74) is 1.19. The largest absolute Gasteiger partial charge is 0.389 e. The van der Waals surface area contributed by atoms with Crippen LogP contribution in [0.15, 0.2) is 0 Å². The van der Waals surface area contributed by atoms with Crippen molar-refractivity contribution in [2.75, 3.05) is 18.0 Å². The first kappa shape index (κ1) is 14.8. The number of rotatable bonds is 6. The maximum atomic E-state index is 9.89. The number of hydrogen-bond acceptors (Lipinski definition) is 5. The van der Waals surface area contributed by atoms with Gasteiger partial charge in [-0.1, -0.05) is 13.8 Å². The Hall–Kier alpha value is -1.23. The lowest BCUT2D eigenvalue weighted by Gasteiger charge is -2.28. The predicted octanol–water partition coefficient (Wildman–Crippen LogP) is 1.59. The summed E-state index contributed by atoms with van der Waals surface area (Å²) in [5.74, 6) is 0.605. The van der Waals surface area contributed by atoms with Crippen molar-refractivity contribution in [1.29, 1.82) is 0 Å². The zero-order valence-corrected chi connectivity index (χ0v) is 12.1. The van der Waals surface area contributed by atoms with Crippen LogP contribution in [0.25, 0.3) is 0 Å². The van der Waals surface area contributed by atoms with Gasteiger partial charge in [-0.15, -0.1) is 5.10 Å². The van der Waals surface area contributed by atoms with Crippen LogP contribution in [0.5, 0.6) is 0 Å². The van der Waals surface area contributed by atoms with Gasteiger partial charge in [0.2, 0.25) is 5.95 Å². The summed E-state index contributed by atoms with van der Waals surface area (Å²) in [5, 5.41) is 18.3. The fourth-order valence-corrected chi connectivity index (χ4v) is 1.85. The minimum Gasteiger partial charge on any atom is -0.389 e. The Balaban J connectivity index is 3.00. The molecule has 0 spiro atoms. The predicted molar refractivity (Wildman–Crippen MR) is 72.8 cm³/mol. The van der Waals surface area contributed by atoms with Gasteiger partial charge in [0.1, 0.15) is 0 Å². The minimum absolute atomic E-state index is 0.500. The monoisotopic (exact) mass is 252 g/mol. The molecule has 0 bridgehead atoms. The molecule has 102 valence electrons. The molecule has 5 nitrogen and oxygen atoms in total. The standard InChI is InChI=1S/C13H24N4O/c1-6-10-11(7-2)15-16-12(14-10)17(8-3)9-13(4,5)18/h18H,6-9H2,1-5H3. The van der Waals surface area contributed by atoms with E-state index in [-0.39, 0.29) is 0 Å². The highest BCUT2D eigenvalue weighted by Gasteiger charge is 2.20. The quantitative estimate of drug-likeness (QED) is 0.833. The van der Waals surface area contributed by atoms with Gasteiger partial charge >= 0.3 is 0 Å². The number of nitrogens with zero attached hydrogens (tertiary/aromatic N) is 4. The van der Waals surface area contributed by atoms with E-state index in [1.165, 1.54) is 0 Å². The van der Waals surface area contributed by atoms with Crippen LogP contribution in [0.2, 0.25) is 0 Å². The van der Waals surface area contributed by atoms with Crippen LogP contribution in [0.1, 0.15) is 46.0 Å². The van der Waals surface area contributed by atoms with Crippen LogP contribution < -0.4 is 4.90 Å². The number of aromatic nitrogens is 3. The van der Waals surface area contributed by atoms with Gasteiger partial charge in [0, 0.05) is 13.1 Å². The summed E-state index contributed by atoms with van der Waals surface area (Å²) >= 11 is 0. The average molecular weight is 252 g/mol. The second-order valence-corrected chi connectivity index (χ2v) is 5.04. The Morgan fingerprint density at radius 3 is 2.11 bits per heavy atom.